The van der Waals surface area contributed by atoms with Crippen molar-refractivity contribution in [2.45, 2.75) is 111 Å². The monoisotopic (exact) mass is 475 g/mol. The summed E-state index contributed by atoms with van der Waals surface area (Å²) in [6.07, 6.45) is 9.47. The van der Waals surface area contributed by atoms with E-state index in [0.29, 0.717) is 13.0 Å². The van der Waals surface area contributed by atoms with Gasteiger partial charge in [0.2, 0.25) is 11.8 Å². The molecule has 3 saturated carbocycles. The molecule has 3 unspecified atom stereocenters. The highest BCUT2D eigenvalue weighted by Crippen LogP contribution is 2.88. The lowest BCUT2D eigenvalue weighted by molar-refractivity contribution is -0.153. The van der Waals surface area contributed by atoms with E-state index in [1.54, 1.807) is 4.90 Å². The van der Waals surface area contributed by atoms with Crippen LogP contribution in [0.4, 0.5) is 0 Å². The molecule has 1 heterocycles. The SMILES string of the molecule is COC(=O)C1CC2(CN1C(=O)[C@@H](NC(=O)C(N)C1CCCCC1)C(C)(C)C)C(C)(C)C21CCC1. The third-order valence-corrected chi connectivity index (χ3v) is 10.4. The number of likely N-dealkylation sites (tertiary alicyclic amines) is 1. The Labute approximate surface area is 204 Å². The van der Waals surface area contributed by atoms with Crippen LogP contribution in [0.1, 0.15) is 92.4 Å². The van der Waals surface area contributed by atoms with Crippen LogP contribution in [-0.4, -0.2) is 54.5 Å². The summed E-state index contributed by atoms with van der Waals surface area (Å²) in [7, 11) is 1.39. The van der Waals surface area contributed by atoms with Crippen LogP contribution in [0.5, 0.6) is 0 Å². The van der Waals surface area contributed by atoms with Gasteiger partial charge in [-0.3, -0.25) is 9.59 Å². The molecule has 4 rings (SSSR count). The number of nitrogens with zero attached hydrogens (tertiary/aromatic N) is 1. The maximum atomic E-state index is 14.1. The van der Waals surface area contributed by atoms with Gasteiger partial charge in [-0.1, -0.05) is 60.3 Å². The lowest BCUT2D eigenvalue weighted by Crippen LogP contribution is -2.60. The molecule has 34 heavy (non-hydrogen) atoms. The zero-order valence-electron chi connectivity index (χ0n) is 22.0. The van der Waals surface area contributed by atoms with Crippen molar-refractivity contribution in [2.24, 2.45) is 33.3 Å². The third-order valence-electron chi connectivity index (χ3n) is 10.4. The average Bonchev–Trinajstić information content (AvgIpc) is 3.00. The minimum absolute atomic E-state index is 0.0578. The van der Waals surface area contributed by atoms with E-state index in [2.05, 4.69) is 19.2 Å². The number of methoxy groups -OCH3 is 1. The van der Waals surface area contributed by atoms with Crippen LogP contribution in [0.3, 0.4) is 0 Å². The highest BCUT2D eigenvalue weighted by atomic mass is 16.5. The molecule has 2 spiro atoms. The van der Waals surface area contributed by atoms with E-state index in [-0.39, 0.29) is 39.9 Å². The van der Waals surface area contributed by atoms with E-state index in [4.69, 9.17) is 10.5 Å². The maximum absolute atomic E-state index is 14.1. The third kappa shape index (κ3) is 3.59. The zero-order chi connectivity index (χ0) is 25.1. The summed E-state index contributed by atoms with van der Waals surface area (Å²) in [6, 6.07) is -1.97. The van der Waals surface area contributed by atoms with Crippen LogP contribution in [0.2, 0.25) is 0 Å². The number of fused-ring (bicyclic) bond motifs is 1. The molecule has 4 fully saturated rings. The Morgan fingerprint density at radius 1 is 1.03 bits per heavy atom. The van der Waals surface area contributed by atoms with Crippen molar-refractivity contribution in [3.63, 3.8) is 0 Å². The molecule has 3 aliphatic carbocycles. The van der Waals surface area contributed by atoms with Gasteiger partial charge in [-0.05, 0) is 54.3 Å². The number of hydrogen-bond donors (Lipinski definition) is 2. The van der Waals surface area contributed by atoms with Gasteiger partial charge in [0.15, 0.2) is 0 Å². The van der Waals surface area contributed by atoms with E-state index >= 15 is 0 Å². The second-order valence-electron chi connectivity index (χ2n) is 13.1. The number of esters is 1. The molecule has 0 bridgehead atoms. The average molecular weight is 476 g/mol. The molecule has 1 saturated heterocycles. The Morgan fingerprint density at radius 2 is 1.65 bits per heavy atom. The quantitative estimate of drug-likeness (QED) is 0.594. The van der Waals surface area contributed by atoms with Crippen LogP contribution < -0.4 is 11.1 Å². The lowest BCUT2D eigenvalue weighted by Gasteiger charge is -2.37. The summed E-state index contributed by atoms with van der Waals surface area (Å²) in [4.78, 5) is 41.8. The van der Waals surface area contributed by atoms with E-state index in [1.807, 2.05) is 20.8 Å². The molecule has 2 amide bonds. The van der Waals surface area contributed by atoms with Gasteiger partial charge >= 0.3 is 5.97 Å². The standard InChI is InChI=1S/C27H45N3O4/c1-24(2,3)20(29-21(31)19(28)17-11-8-7-9-12-17)22(32)30-16-27(15-18(30)23(33)34-6)25(4,5)26(27)13-10-14-26/h17-20H,7-16,28H2,1-6H3,(H,29,31)/t18?,19?,20-,27?/m1/s1. The molecule has 7 nitrogen and oxygen atoms in total. The number of nitrogens with one attached hydrogen (secondary N) is 1. The largest absolute Gasteiger partial charge is 0.467 e. The predicted molar refractivity (Wildman–Crippen MR) is 131 cm³/mol. The number of ether oxygens (including phenoxy) is 1. The molecule has 0 aromatic carbocycles. The number of hydrogen-bond acceptors (Lipinski definition) is 5. The summed E-state index contributed by atoms with van der Waals surface area (Å²) in [5.74, 6) is -0.652. The molecule has 4 aliphatic rings. The van der Waals surface area contributed by atoms with E-state index in [1.165, 1.54) is 20.0 Å². The van der Waals surface area contributed by atoms with E-state index in [0.717, 1.165) is 38.5 Å². The highest BCUT2D eigenvalue weighted by molar-refractivity contribution is 5.93. The molecule has 0 aromatic heterocycles. The van der Waals surface area contributed by atoms with Crippen molar-refractivity contribution in [3.8, 4) is 0 Å². The van der Waals surface area contributed by atoms with Gasteiger partial charge in [0.05, 0.1) is 13.2 Å². The fourth-order valence-electron chi connectivity index (χ4n) is 7.94. The topological polar surface area (TPSA) is 102 Å². The minimum atomic E-state index is -0.754. The number of carbonyl (C=O) groups excluding carboxylic acids is 3. The molecule has 0 aromatic rings. The first kappa shape index (κ1) is 25.5. The zero-order valence-corrected chi connectivity index (χ0v) is 22.0. The predicted octanol–water partition coefficient (Wildman–Crippen LogP) is 3.40. The van der Waals surface area contributed by atoms with Crippen molar-refractivity contribution in [1.29, 1.82) is 0 Å². The van der Waals surface area contributed by atoms with Gasteiger partial charge in [0.1, 0.15) is 12.1 Å². The molecular formula is C27H45N3O4. The van der Waals surface area contributed by atoms with Gasteiger partial charge < -0.3 is 20.7 Å². The van der Waals surface area contributed by atoms with Gasteiger partial charge in [0, 0.05) is 12.0 Å². The highest BCUT2D eigenvalue weighted by Gasteiger charge is 2.85. The summed E-state index contributed by atoms with van der Waals surface area (Å²) < 4.78 is 5.15. The second kappa shape index (κ2) is 8.49. The van der Waals surface area contributed by atoms with Crippen LogP contribution >= 0.6 is 0 Å². The molecule has 192 valence electrons. The first-order valence-corrected chi connectivity index (χ1v) is 13.3. The van der Waals surface area contributed by atoms with Gasteiger partial charge in [-0.25, -0.2) is 4.79 Å². The molecule has 7 heteroatoms. The van der Waals surface area contributed by atoms with Gasteiger partial charge in [0.25, 0.3) is 0 Å². The fourth-order valence-corrected chi connectivity index (χ4v) is 7.94. The molecule has 4 atom stereocenters. The second-order valence-corrected chi connectivity index (χ2v) is 13.1. The van der Waals surface area contributed by atoms with Crippen molar-refractivity contribution < 1.29 is 19.1 Å². The smallest absolute Gasteiger partial charge is 0.328 e. The van der Waals surface area contributed by atoms with E-state index < -0.39 is 23.5 Å². The van der Waals surface area contributed by atoms with E-state index in [9.17, 15) is 14.4 Å². The van der Waals surface area contributed by atoms with Crippen molar-refractivity contribution >= 4 is 17.8 Å². The Hall–Kier alpha value is -1.63. The van der Waals surface area contributed by atoms with Crippen LogP contribution in [0, 0.1) is 27.6 Å². The summed E-state index contributed by atoms with van der Waals surface area (Å²) >= 11 is 0. The number of amides is 2. The van der Waals surface area contributed by atoms with Crippen LogP contribution in [0.15, 0.2) is 0 Å². The Kier molecular flexibility index (Phi) is 6.36. The normalized spacial score (nSPS) is 31.6. The van der Waals surface area contributed by atoms with Crippen molar-refractivity contribution in [1.82, 2.24) is 10.2 Å². The number of nitrogens with two attached hydrogens (primary N) is 1. The Morgan fingerprint density at radius 3 is 2.12 bits per heavy atom. The number of carbonyl (C=O) groups is 3. The fraction of sp³-hybridized carbons (Fsp3) is 0.889. The van der Waals surface area contributed by atoms with Crippen molar-refractivity contribution in [2.75, 3.05) is 13.7 Å². The first-order valence-electron chi connectivity index (χ1n) is 13.3. The van der Waals surface area contributed by atoms with Crippen molar-refractivity contribution in [3.05, 3.63) is 0 Å². The number of rotatable bonds is 5. The van der Waals surface area contributed by atoms with Crippen LogP contribution in [0.25, 0.3) is 0 Å². The van der Waals surface area contributed by atoms with Crippen LogP contribution in [-0.2, 0) is 19.1 Å². The summed E-state index contributed by atoms with van der Waals surface area (Å²) in [6.45, 7) is 11.0. The summed E-state index contributed by atoms with van der Waals surface area (Å²) in [5.41, 5.74) is 6.09. The molecule has 0 radical (unpaired) electrons. The Bertz CT molecular complexity index is 837. The first-order chi connectivity index (χ1) is 15.8. The lowest BCUT2D eigenvalue weighted by atomic mass is 9.73. The minimum Gasteiger partial charge on any atom is -0.467 e. The maximum Gasteiger partial charge on any atom is 0.328 e. The Balaban J connectivity index is 1.56. The van der Waals surface area contributed by atoms with Gasteiger partial charge in [-0.15, -0.1) is 0 Å². The molecule has 3 N–H and O–H groups in total. The summed E-state index contributed by atoms with van der Waals surface area (Å²) in [5, 5.41) is 3.02. The molecule has 1 aliphatic heterocycles. The van der Waals surface area contributed by atoms with Gasteiger partial charge in [-0.2, -0.15) is 0 Å². The molecular weight excluding hydrogens is 430 g/mol.